The van der Waals surface area contributed by atoms with Crippen LogP contribution in [0.2, 0.25) is 0 Å². The van der Waals surface area contributed by atoms with Crippen molar-refractivity contribution in [3.05, 3.63) is 71.4 Å². The monoisotopic (exact) mass is 435 g/mol. The first-order valence-corrected chi connectivity index (χ1v) is 10.5. The third-order valence-electron chi connectivity index (χ3n) is 5.10. The van der Waals surface area contributed by atoms with Gasteiger partial charge in [-0.15, -0.1) is 0 Å². The van der Waals surface area contributed by atoms with E-state index in [2.05, 4.69) is 6.58 Å². The van der Waals surface area contributed by atoms with E-state index in [9.17, 15) is 21.6 Å². The number of benzene rings is 2. The van der Waals surface area contributed by atoms with Gasteiger partial charge in [0.1, 0.15) is 0 Å². The molecule has 1 aliphatic rings. The zero-order valence-corrected chi connectivity index (χ0v) is 17.3. The van der Waals surface area contributed by atoms with Gasteiger partial charge in [0.15, 0.2) is 0 Å². The van der Waals surface area contributed by atoms with Crippen molar-refractivity contribution in [2.24, 2.45) is 0 Å². The van der Waals surface area contributed by atoms with Crippen LogP contribution in [0.4, 0.5) is 18.9 Å². The van der Waals surface area contributed by atoms with E-state index < -0.39 is 21.8 Å². The lowest BCUT2D eigenvalue weighted by atomic mass is 10.1. The molecule has 5 nitrogen and oxygen atoms in total. The Labute approximate surface area is 173 Å². The van der Waals surface area contributed by atoms with Crippen molar-refractivity contribution in [3.8, 4) is 6.07 Å². The van der Waals surface area contributed by atoms with Gasteiger partial charge in [-0.2, -0.15) is 18.4 Å². The fourth-order valence-corrected chi connectivity index (χ4v) is 4.98. The van der Waals surface area contributed by atoms with Gasteiger partial charge < -0.3 is 4.90 Å². The van der Waals surface area contributed by atoms with Crippen molar-refractivity contribution in [2.45, 2.75) is 31.0 Å². The number of alkyl halides is 3. The molecule has 2 aromatic carbocycles. The highest BCUT2D eigenvalue weighted by atomic mass is 32.2. The first kappa shape index (κ1) is 21.7. The summed E-state index contributed by atoms with van der Waals surface area (Å²) in [6, 6.07) is 11.2. The number of hydrogen-bond donors (Lipinski definition) is 0. The Bertz CT molecular complexity index is 1120. The smallest absolute Gasteiger partial charge is 0.361 e. The fraction of sp³-hybridized carbons (Fsp3) is 0.286. The Morgan fingerprint density at radius 1 is 1.17 bits per heavy atom. The fourth-order valence-electron chi connectivity index (χ4n) is 3.44. The zero-order valence-electron chi connectivity index (χ0n) is 16.4. The standard InChI is InChI=1S/C21H20F3N3O2S/c1-14-4-7-18(10-20(14)21(22,23)24)26-12-16(3)27(13-15(26)2)30(28,29)19-8-5-17(11-25)6-9-19/h4-10,15H,3,12-13H2,1-2H3/t15-/m0/s1. The van der Waals surface area contributed by atoms with Gasteiger partial charge in [-0.05, 0) is 55.8 Å². The minimum Gasteiger partial charge on any atom is -0.361 e. The summed E-state index contributed by atoms with van der Waals surface area (Å²) in [7, 11) is -3.90. The van der Waals surface area contributed by atoms with E-state index >= 15 is 0 Å². The number of nitriles is 1. The van der Waals surface area contributed by atoms with Gasteiger partial charge in [0.05, 0.1) is 35.2 Å². The van der Waals surface area contributed by atoms with Crippen molar-refractivity contribution in [1.29, 1.82) is 5.26 Å². The first-order valence-electron chi connectivity index (χ1n) is 9.10. The van der Waals surface area contributed by atoms with E-state index in [4.69, 9.17) is 5.26 Å². The van der Waals surface area contributed by atoms with E-state index in [0.717, 1.165) is 6.07 Å². The SMILES string of the molecule is C=C1CN(c2ccc(C)c(C(F)(F)F)c2)[C@@H](C)CN1S(=O)(=O)c1ccc(C#N)cc1. The van der Waals surface area contributed by atoms with Gasteiger partial charge in [0.25, 0.3) is 10.0 Å². The van der Waals surface area contributed by atoms with Crippen LogP contribution in [-0.2, 0) is 16.2 Å². The molecule has 0 radical (unpaired) electrons. The number of hydrogen-bond acceptors (Lipinski definition) is 4. The molecular formula is C21H20F3N3O2S. The molecule has 1 aliphatic heterocycles. The average molecular weight is 435 g/mol. The Morgan fingerprint density at radius 3 is 2.37 bits per heavy atom. The number of aryl methyl sites for hydroxylation is 1. The summed E-state index contributed by atoms with van der Waals surface area (Å²) in [5.41, 5.74) is 0.361. The summed E-state index contributed by atoms with van der Waals surface area (Å²) >= 11 is 0. The third kappa shape index (κ3) is 4.00. The highest BCUT2D eigenvalue weighted by Gasteiger charge is 2.36. The second-order valence-electron chi connectivity index (χ2n) is 7.21. The molecule has 0 saturated carbocycles. The summed E-state index contributed by atoms with van der Waals surface area (Å²) in [5, 5.41) is 8.88. The molecule has 0 N–H and O–H groups in total. The molecular weight excluding hydrogens is 415 g/mol. The predicted molar refractivity (Wildman–Crippen MR) is 107 cm³/mol. The van der Waals surface area contributed by atoms with Gasteiger partial charge in [-0.1, -0.05) is 12.6 Å². The third-order valence-corrected chi connectivity index (χ3v) is 6.95. The maximum atomic E-state index is 13.3. The van der Waals surface area contributed by atoms with Crippen LogP contribution in [0.1, 0.15) is 23.6 Å². The lowest BCUT2D eigenvalue weighted by Gasteiger charge is -2.42. The maximum Gasteiger partial charge on any atom is 0.416 e. The predicted octanol–water partition coefficient (Wildman–Crippen LogP) is 4.30. The van der Waals surface area contributed by atoms with Crippen molar-refractivity contribution in [3.63, 3.8) is 0 Å². The van der Waals surface area contributed by atoms with Crippen LogP contribution in [0.5, 0.6) is 0 Å². The first-order chi connectivity index (χ1) is 13.9. The largest absolute Gasteiger partial charge is 0.416 e. The molecule has 0 amide bonds. The van der Waals surface area contributed by atoms with E-state index in [1.165, 1.54) is 41.6 Å². The van der Waals surface area contributed by atoms with E-state index in [-0.39, 0.29) is 35.3 Å². The zero-order chi connectivity index (χ0) is 22.3. The molecule has 3 rings (SSSR count). The molecule has 0 aromatic heterocycles. The molecule has 158 valence electrons. The Morgan fingerprint density at radius 2 is 1.80 bits per heavy atom. The minimum atomic E-state index is -4.47. The van der Waals surface area contributed by atoms with E-state index in [1.807, 2.05) is 6.07 Å². The molecule has 9 heteroatoms. The second-order valence-corrected chi connectivity index (χ2v) is 9.07. The van der Waals surface area contributed by atoms with Crippen molar-refractivity contribution >= 4 is 15.7 Å². The Kier molecular flexibility index (Phi) is 5.56. The van der Waals surface area contributed by atoms with Gasteiger partial charge in [-0.3, -0.25) is 4.31 Å². The lowest BCUT2D eigenvalue weighted by molar-refractivity contribution is -0.138. The number of nitrogens with zero attached hydrogens (tertiary/aromatic N) is 3. The molecule has 1 fully saturated rings. The lowest BCUT2D eigenvalue weighted by Crippen LogP contribution is -2.52. The van der Waals surface area contributed by atoms with Gasteiger partial charge in [-0.25, -0.2) is 8.42 Å². The molecule has 0 spiro atoms. The molecule has 1 saturated heterocycles. The summed E-state index contributed by atoms with van der Waals surface area (Å²) in [4.78, 5) is 1.74. The Balaban J connectivity index is 1.89. The number of anilines is 1. The quantitative estimate of drug-likeness (QED) is 0.721. The molecule has 1 atom stereocenters. The molecule has 30 heavy (non-hydrogen) atoms. The summed E-state index contributed by atoms with van der Waals surface area (Å²) in [5.74, 6) is 0. The van der Waals surface area contributed by atoms with E-state index in [0.29, 0.717) is 11.3 Å². The molecule has 0 bridgehead atoms. The minimum absolute atomic E-state index is 0.0259. The van der Waals surface area contributed by atoms with Crippen LogP contribution in [-0.4, -0.2) is 31.9 Å². The summed E-state index contributed by atoms with van der Waals surface area (Å²) < 4.78 is 67.1. The second kappa shape index (κ2) is 7.69. The summed E-state index contributed by atoms with van der Waals surface area (Å²) in [6.45, 7) is 7.11. The van der Waals surface area contributed by atoms with Gasteiger partial charge in [0.2, 0.25) is 0 Å². The van der Waals surface area contributed by atoms with Crippen LogP contribution in [0, 0.1) is 18.3 Å². The highest BCUT2D eigenvalue weighted by molar-refractivity contribution is 7.89. The Hall–Kier alpha value is -2.99. The van der Waals surface area contributed by atoms with Crippen molar-refractivity contribution in [1.82, 2.24) is 4.31 Å². The molecule has 2 aromatic rings. The van der Waals surface area contributed by atoms with Gasteiger partial charge in [0, 0.05) is 17.4 Å². The molecule has 0 aliphatic carbocycles. The normalized spacial score (nSPS) is 17.7. The van der Waals surface area contributed by atoms with Gasteiger partial charge >= 0.3 is 6.18 Å². The van der Waals surface area contributed by atoms with Crippen molar-refractivity contribution in [2.75, 3.05) is 18.0 Å². The summed E-state index contributed by atoms with van der Waals surface area (Å²) in [6.07, 6.45) is -4.47. The highest BCUT2D eigenvalue weighted by Crippen LogP contribution is 2.36. The maximum absolute atomic E-state index is 13.3. The van der Waals surface area contributed by atoms with Crippen LogP contribution in [0.15, 0.2) is 59.6 Å². The van der Waals surface area contributed by atoms with Crippen LogP contribution in [0.25, 0.3) is 0 Å². The number of sulfonamides is 1. The van der Waals surface area contributed by atoms with Crippen LogP contribution < -0.4 is 4.90 Å². The topological polar surface area (TPSA) is 64.4 Å². The number of rotatable bonds is 3. The molecule has 1 heterocycles. The van der Waals surface area contributed by atoms with Crippen LogP contribution in [0.3, 0.4) is 0 Å². The number of piperazine rings is 1. The van der Waals surface area contributed by atoms with Crippen molar-refractivity contribution < 1.29 is 21.6 Å². The average Bonchev–Trinajstić information content (AvgIpc) is 2.69. The van der Waals surface area contributed by atoms with E-state index in [1.54, 1.807) is 17.9 Å². The van der Waals surface area contributed by atoms with Crippen LogP contribution >= 0.6 is 0 Å². The molecule has 0 unspecified atom stereocenters. The number of halogens is 3.